The molecule has 2 unspecified atom stereocenters. The van der Waals surface area contributed by atoms with Gasteiger partial charge < -0.3 is 5.11 Å². The molecule has 2 aliphatic rings. The molecule has 1 saturated carbocycles. The fourth-order valence-electron chi connectivity index (χ4n) is 3.19. The molecular weight excluding hydrogens is 176 g/mol. The summed E-state index contributed by atoms with van der Waals surface area (Å²) in [6.45, 7) is 4.12. The molecule has 1 N–H and O–H groups in total. The van der Waals surface area contributed by atoms with Crippen molar-refractivity contribution in [1.29, 1.82) is 0 Å². The van der Waals surface area contributed by atoms with Gasteiger partial charge in [0.1, 0.15) is 0 Å². The second-order valence-corrected chi connectivity index (χ2v) is 5.08. The highest BCUT2D eigenvalue weighted by atomic mass is 16.3. The molecule has 0 heterocycles. The first-order chi connectivity index (χ1) is 6.54. The Labute approximate surface area is 85.0 Å². The lowest BCUT2D eigenvalue weighted by Gasteiger charge is -2.44. The number of carbonyl (C=O) groups excluding carboxylic acids is 1. The van der Waals surface area contributed by atoms with Crippen LogP contribution in [-0.4, -0.2) is 10.9 Å². The van der Waals surface area contributed by atoms with Gasteiger partial charge >= 0.3 is 0 Å². The normalized spacial score (nSPS) is 38.4. The molecule has 2 nitrogen and oxygen atoms in total. The van der Waals surface area contributed by atoms with Crippen molar-refractivity contribution in [2.75, 3.05) is 0 Å². The maximum atomic E-state index is 11.6. The highest BCUT2D eigenvalue weighted by molar-refractivity contribution is 5.95. The molecule has 2 rings (SSSR count). The van der Waals surface area contributed by atoms with E-state index in [1.54, 1.807) is 0 Å². The Balaban J connectivity index is 2.39. The van der Waals surface area contributed by atoms with Crippen LogP contribution in [0, 0.1) is 11.3 Å². The first kappa shape index (κ1) is 9.75. The molecule has 0 spiro atoms. The van der Waals surface area contributed by atoms with Crippen LogP contribution in [0.15, 0.2) is 11.3 Å². The van der Waals surface area contributed by atoms with Gasteiger partial charge in [0.05, 0.1) is 0 Å². The number of carbonyl (C=O) groups is 1. The molecule has 1 fully saturated rings. The minimum atomic E-state index is -0.0526. The second kappa shape index (κ2) is 3.11. The fourth-order valence-corrected chi connectivity index (χ4v) is 3.19. The van der Waals surface area contributed by atoms with Crippen LogP contribution < -0.4 is 0 Å². The van der Waals surface area contributed by atoms with Crippen LogP contribution >= 0.6 is 0 Å². The first-order valence-corrected chi connectivity index (χ1v) is 5.47. The van der Waals surface area contributed by atoms with Crippen molar-refractivity contribution >= 4 is 5.78 Å². The molecule has 0 saturated heterocycles. The molecule has 2 aliphatic carbocycles. The predicted octanol–water partition coefficient (Wildman–Crippen LogP) is 2.99. The Morgan fingerprint density at radius 3 is 2.86 bits per heavy atom. The van der Waals surface area contributed by atoms with Gasteiger partial charge in [-0.1, -0.05) is 19.8 Å². The van der Waals surface area contributed by atoms with E-state index in [2.05, 4.69) is 6.92 Å². The predicted molar refractivity (Wildman–Crippen MR) is 55.0 cm³/mol. The number of allylic oxidation sites excluding steroid dienone is 2. The van der Waals surface area contributed by atoms with Gasteiger partial charge in [-0.3, -0.25) is 4.79 Å². The quantitative estimate of drug-likeness (QED) is 0.643. The Kier molecular flexibility index (Phi) is 2.17. The average molecular weight is 194 g/mol. The van der Waals surface area contributed by atoms with Gasteiger partial charge in [0.25, 0.3) is 0 Å². The standard InChI is InChI=1S/C12H18O2/c1-8-9-5-3-4-6-12(9,2)7-10(13)11(8)14/h9,14H,3-7H2,1-2H3. The number of rotatable bonds is 0. The smallest absolute Gasteiger partial charge is 0.197 e. The molecule has 14 heavy (non-hydrogen) atoms. The van der Waals surface area contributed by atoms with Crippen LogP contribution in [0.5, 0.6) is 0 Å². The number of fused-ring (bicyclic) bond motifs is 1. The van der Waals surface area contributed by atoms with Gasteiger partial charge in [-0.2, -0.15) is 0 Å². The second-order valence-electron chi connectivity index (χ2n) is 5.08. The van der Waals surface area contributed by atoms with E-state index in [9.17, 15) is 9.90 Å². The molecule has 0 aliphatic heterocycles. The molecule has 2 heteroatoms. The van der Waals surface area contributed by atoms with Gasteiger partial charge in [0.15, 0.2) is 11.5 Å². The summed E-state index contributed by atoms with van der Waals surface area (Å²) in [5.74, 6) is 0.437. The fraction of sp³-hybridized carbons (Fsp3) is 0.750. The van der Waals surface area contributed by atoms with E-state index >= 15 is 0 Å². The van der Waals surface area contributed by atoms with Crippen molar-refractivity contribution in [3.63, 3.8) is 0 Å². The van der Waals surface area contributed by atoms with E-state index < -0.39 is 0 Å². The van der Waals surface area contributed by atoms with E-state index in [0.717, 1.165) is 18.4 Å². The Morgan fingerprint density at radius 2 is 2.14 bits per heavy atom. The number of aliphatic hydroxyl groups excluding tert-OH is 1. The summed E-state index contributed by atoms with van der Waals surface area (Å²) in [7, 11) is 0. The number of ketones is 1. The van der Waals surface area contributed by atoms with Crippen molar-refractivity contribution in [3.05, 3.63) is 11.3 Å². The van der Waals surface area contributed by atoms with Crippen molar-refractivity contribution < 1.29 is 9.90 Å². The maximum Gasteiger partial charge on any atom is 0.197 e. The maximum absolute atomic E-state index is 11.6. The summed E-state index contributed by atoms with van der Waals surface area (Å²) in [5.41, 5.74) is 1.06. The molecule has 0 bridgehead atoms. The molecule has 0 aromatic carbocycles. The van der Waals surface area contributed by atoms with Crippen LogP contribution in [0.4, 0.5) is 0 Å². The van der Waals surface area contributed by atoms with Gasteiger partial charge in [-0.15, -0.1) is 0 Å². The van der Waals surface area contributed by atoms with Gasteiger partial charge in [-0.25, -0.2) is 0 Å². The topological polar surface area (TPSA) is 37.3 Å². The molecule has 78 valence electrons. The monoisotopic (exact) mass is 194 g/mol. The third kappa shape index (κ3) is 1.28. The SMILES string of the molecule is CC1=C(O)C(=O)CC2(C)CCCCC12. The van der Waals surface area contributed by atoms with E-state index in [0.29, 0.717) is 12.3 Å². The van der Waals surface area contributed by atoms with Crippen molar-refractivity contribution in [2.45, 2.75) is 46.0 Å². The summed E-state index contributed by atoms with van der Waals surface area (Å²) >= 11 is 0. The molecule has 0 radical (unpaired) electrons. The average Bonchev–Trinajstić information content (AvgIpc) is 2.14. The van der Waals surface area contributed by atoms with Gasteiger partial charge in [0, 0.05) is 6.42 Å². The number of aliphatic hydroxyl groups is 1. The number of hydrogen-bond donors (Lipinski definition) is 1. The summed E-state index contributed by atoms with van der Waals surface area (Å²) < 4.78 is 0. The minimum absolute atomic E-state index is 0.0503. The third-order valence-corrected chi connectivity index (χ3v) is 4.06. The van der Waals surface area contributed by atoms with Gasteiger partial charge in [0.2, 0.25) is 0 Å². The molecule has 0 amide bonds. The van der Waals surface area contributed by atoms with Crippen LogP contribution in [0.25, 0.3) is 0 Å². The summed E-state index contributed by atoms with van der Waals surface area (Å²) in [5, 5.41) is 9.63. The van der Waals surface area contributed by atoms with Crippen LogP contribution in [0.1, 0.15) is 46.0 Å². The zero-order valence-corrected chi connectivity index (χ0v) is 8.97. The number of hydrogen-bond acceptors (Lipinski definition) is 2. The summed E-state index contributed by atoms with van der Waals surface area (Å²) in [4.78, 5) is 11.6. The third-order valence-electron chi connectivity index (χ3n) is 4.06. The first-order valence-electron chi connectivity index (χ1n) is 5.47. The van der Waals surface area contributed by atoms with Crippen molar-refractivity contribution in [3.8, 4) is 0 Å². The van der Waals surface area contributed by atoms with E-state index in [-0.39, 0.29) is 17.0 Å². The summed E-state index contributed by atoms with van der Waals surface area (Å²) in [6.07, 6.45) is 5.28. The Bertz CT molecular complexity index is 303. The molecule has 0 aromatic rings. The lowest BCUT2D eigenvalue weighted by molar-refractivity contribution is -0.123. The van der Waals surface area contributed by atoms with Gasteiger partial charge in [-0.05, 0) is 36.7 Å². The highest BCUT2D eigenvalue weighted by Crippen LogP contribution is 2.50. The Morgan fingerprint density at radius 1 is 1.43 bits per heavy atom. The Hall–Kier alpha value is -0.790. The lowest BCUT2D eigenvalue weighted by atomic mass is 9.60. The minimum Gasteiger partial charge on any atom is -0.504 e. The number of Topliss-reactive ketones (excluding diaryl/α,β-unsaturated/α-hetero) is 1. The largest absolute Gasteiger partial charge is 0.504 e. The van der Waals surface area contributed by atoms with Crippen LogP contribution in [-0.2, 0) is 4.79 Å². The lowest BCUT2D eigenvalue weighted by Crippen LogP contribution is -2.38. The summed E-state index contributed by atoms with van der Waals surface area (Å²) in [6, 6.07) is 0. The van der Waals surface area contributed by atoms with Crippen LogP contribution in [0.2, 0.25) is 0 Å². The molecule has 2 atom stereocenters. The van der Waals surface area contributed by atoms with Crippen molar-refractivity contribution in [2.24, 2.45) is 11.3 Å². The molecule has 0 aromatic heterocycles. The van der Waals surface area contributed by atoms with E-state index in [1.807, 2.05) is 6.92 Å². The highest BCUT2D eigenvalue weighted by Gasteiger charge is 2.44. The zero-order chi connectivity index (χ0) is 10.3. The van der Waals surface area contributed by atoms with E-state index in [1.165, 1.54) is 12.8 Å². The zero-order valence-electron chi connectivity index (χ0n) is 8.97. The van der Waals surface area contributed by atoms with Crippen molar-refractivity contribution in [1.82, 2.24) is 0 Å². The van der Waals surface area contributed by atoms with Crippen LogP contribution in [0.3, 0.4) is 0 Å². The van der Waals surface area contributed by atoms with E-state index in [4.69, 9.17) is 0 Å². The molecular formula is C12H18O2.